The summed E-state index contributed by atoms with van der Waals surface area (Å²) in [5, 5.41) is 57.5. The normalized spacial score (nSPS) is 32.7. The number of carbonyl (C=O) groups excluding carboxylic acids is 5. The van der Waals surface area contributed by atoms with Crippen LogP contribution >= 0.6 is 0 Å². The number of phenolic OH excluding ortho intramolecular Hbond substituents is 2. The highest BCUT2D eigenvalue weighted by molar-refractivity contribution is 6.53. The number of methoxy groups -OCH3 is 4. The molecule has 1 saturated heterocycles. The fourth-order valence-electron chi connectivity index (χ4n) is 7.90. The Kier molecular flexibility index (Phi) is 8.58. The van der Waals surface area contributed by atoms with Crippen molar-refractivity contribution in [2.75, 3.05) is 28.4 Å². The van der Waals surface area contributed by atoms with Crippen LogP contribution in [0.4, 0.5) is 0 Å². The first kappa shape index (κ1) is 35.4. The van der Waals surface area contributed by atoms with Crippen molar-refractivity contribution in [3.05, 3.63) is 56.6 Å². The third kappa shape index (κ3) is 4.43. The Morgan fingerprint density at radius 2 is 1.60 bits per heavy atom. The van der Waals surface area contributed by atoms with Crippen molar-refractivity contribution >= 4 is 34.8 Å². The molecule has 1 heterocycles. The van der Waals surface area contributed by atoms with Gasteiger partial charge in [0, 0.05) is 44.4 Å². The van der Waals surface area contributed by atoms with Crippen LogP contribution in [0.2, 0.25) is 0 Å². The van der Waals surface area contributed by atoms with Crippen molar-refractivity contribution in [2.45, 2.75) is 74.6 Å². The van der Waals surface area contributed by atoms with Crippen molar-refractivity contribution in [3.8, 4) is 11.5 Å². The van der Waals surface area contributed by atoms with Crippen molar-refractivity contribution < 1.29 is 73.2 Å². The first-order valence-corrected chi connectivity index (χ1v) is 15.5. The average molecular weight is 698 g/mol. The quantitative estimate of drug-likeness (QED) is 0.260. The van der Waals surface area contributed by atoms with Gasteiger partial charge in [0.1, 0.15) is 35.4 Å². The van der Waals surface area contributed by atoms with E-state index in [-0.39, 0.29) is 16.8 Å². The minimum atomic E-state index is -3.23. The number of nitrogens with zero attached hydrogens (tertiary/aromatic N) is 1. The molecule has 16 nitrogen and oxygen atoms in total. The molecule has 0 spiro atoms. The van der Waals surface area contributed by atoms with E-state index in [0.29, 0.717) is 0 Å². The molecule has 5 N–H and O–H groups in total. The number of aliphatic hydroxyl groups excluding tert-OH is 2. The second-order valence-corrected chi connectivity index (χ2v) is 12.7. The SMILES string of the molecule is COC(=O)c1c(C)cc2c(c1O)C1(O)C(=O)c3cc4c(c(O)c3C(=O)C1(OC)C(O)C2)C(=O)CC(=NC1OC(C)C(OC)C(O)C1OC)C4=O. The zero-order chi connectivity index (χ0) is 36.8. The number of phenols is 2. The Hall–Kier alpha value is -4.42. The zero-order valence-corrected chi connectivity index (χ0v) is 27.8. The number of carbonyl (C=O) groups is 5. The van der Waals surface area contributed by atoms with Gasteiger partial charge in [-0.15, -0.1) is 0 Å². The molecule has 50 heavy (non-hydrogen) atoms. The maximum Gasteiger partial charge on any atom is 0.341 e. The molecule has 0 bridgehead atoms. The van der Waals surface area contributed by atoms with Gasteiger partial charge in [0.15, 0.2) is 23.2 Å². The third-order valence-electron chi connectivity index (χ3n) is 10.2. The maximum absolute atomic E-state index is 14.6. The molecular weight excluding hydrogens is 662 g/mol. The van der Waals surface area contributed by atoms with Gasteiger partial charge in [-0.05, 0) is 31.0 Å². The highest BCUT2D eigenvalue weighted by atomic mass is 16.6. The van der Waals surface area contributed by atoms with Crippen LogP contribution < -0.4 is 0 Å². The molecule has 1 fully saturated rings. The number of esters is 1. The monoisotopic (exact) mass is 697 g/mol. The molecule has 0 saturated carbocycles. The third-order valence-corrected chi connectivity index (χ3v) is 10.2. The van der Waals surface area contributed by atoms with E-state index in [9.17, 15) is 49.5 Å². The smallest absolute Gasteiger partial charge is 0.341 e. The largest absolute Gasteiger partial charge is 0.507 e. The van der Waals surface area contributed by atoms with Crippen LogP contribution in [0.25, 0.3) is 0 Å². The Morgan fingerprint density at radius 1 is 0.940 bits per heavy atom. The predicted octanol–water partition coefficient (Wildman–Crippen LogP) is 0.108. The molecule has 3 aliphatic carbocycles. The first-order valence-electron chi connectivity index (χ1n) is 15.5. The van der Waals surface area contributed by atoms with Gasteiger partial charge in [0.2, 0.25) is 17.3 Å². The Balaban J connectivity index is 1.55. The van der Waals surface area contributed by atoms with Gasteiger partial charge in [-0.1, -0.05) is 6.07 Å². The van der Waals surface area contributed by atoms with Crippen molar-refractivity contribution in [1.29, 1.82) is 0 Å². The molecular formula is C34H35NO15. The van der Waals surface area contributed by atoms with Crippen molar-refractivity contribution in [1.82, 2.24) is 0 Å². The van der Waals surface area contributed by atoms with E-state index in [2.05, 4.69) is 4.99 Å². The molecule has 8 atom stereocenters. The molecule has 1 aliphatic heterocycles. The predicted molar refractivity (Wildman–Crippen MR) is 167 cm³/mol. The fourth-order valence-corrected chi connectivity index (χ4v) is 7.90. The molecule has 0 amide bonds. The summed E-state index contributed by atoms with van der Waals surface area (Å²) in [6.45, 7) is 3.05. The number of hydrogen-bond donors (Lipinski definition) is 5. The summed E-state index contributed by atoms with van der Waals surface area (Å²) < 4.78 is 26.7. The Morgan fingerprint density at radius 3 is 2.20 bits per heavy atom. The van der Waals surface area contributed by atoms with Gasteiger partial charge in [0.05, 0.1) is 42.6 Å². The first-order chi connectivity index (χ1) is 23.6. The van der Waals surface area contributed by atoms with Crippen molar-refractivity contribution in [2.24, 2.45) is 4.99 Å². The van der Waals surface area contributed by atoms with Crippen molar-refractivity contribution in [3.63, 3.8) is 0 Å². The lowest BCUT2D eigenvalue weighted by Gasteiger charge is -2.52. The lowest BCUT2D eigenvalue weighted by atomic mass is 9.56. The van der Waals surface area contributed by atoms with Crippen LogP contribution in [0.15, 0.2) is 17.1 Å². The molecule has 16 heteroatoms. The highest BCUT2D eigenvalue weighted by Crippen LogP contribution is 2.56. The van der Waals surface area contributed by atoms with Crippen LogP contribution in [-0.4, -0.2) is 131 Å². The van der Waals surface area contributed by atoms with Crippen LogP contribution in [0.5, 0.6) is 11.5 Å². The van der Waals surface area contributed by atoms with E-state index >= 15 is 0 Å². The Labute approximate surface area is 284 Å². The standard InChI is InChI=1S/C34H35NO15/c1-11-7-13-8-18(37)34(49-6)30(43)21-15(29(42)33(34,45)22(13)25(40)19(11)32(44)48-5)9-14-20(24(21)39)17(36)10-16(23(14)38)35-31-28(47-4)26(41)27(46-3)12(2)50-31/h7,9,12,18,26-28,31,37,39-41,45H,8,10H2,1-6H3. The highest BCUT2D eigenvalue weighted by Gasteiger charge is 2.72. The molecule has 0 radical (unpaired) electrons. The van der Waals surface area contributed by atoms with Gasteiger partial charge < -0.3 is 49.2 Å². The summed E-state index contributed by atoms with van der Waals surface area (Å²) >= 11 is 0. The van der Waals surface area contributed by atoms with Crippen LogP contribution in [0, 0.1) is 6.92 Å². The molecule has 0 aromatic heterocycles. The van der Waals surface area contributed by atoms with Gasteiger partial charge >= 0.3 is 5.97 Å². The van der Waals surface area contributed by atoms with E-state index < -0.39 is 135 Å². The van der Waals surface area contributed by atoms with E-state index in [1.165, 1.54) is 27.2 Å². The lowest BCUT2D eigenvalue weighted by molar-refractivity contribution is -0.228. The number of fused-ring (bicyclic) bond motifs is 5. The number of ether oxygens (including phenoxy) is 5. The zero-order valence-electron chi connectivity index (χ0n) is 27.8. The Bertz CT molecular complexity index is 1920. The number of Topliss-reactive ketones (excluding diaryl/α,β-unsaturated/α-hetero) is 4. The molecule has 2 aromatic carbocycles. The summed E-state index contributed by atoms with van der Waals surface area (Å²) in [7, 11) is 4.61. The maximum atomic E-state index is 14.6. The van der Waals surface area contributed by atoms with Crippen LogP contribution in [-0.2, 0) is 35.7 Å². The number of aliphatic imine (C=N–C) groups is 1. The second kappa shape index (κ2) is 12.1. The number of aromatic hydroxyl groups is 2. The lowest BCUT2D eigenvalue weighted by Crippen LogP contribution is -2.73. The second-order valence-electron chi connectivity index (χ2n) is 12.7. The van der Waals surface area contributed by atoms with Gasteiger partial charge in [0.25, 0.3) is 0 Å². The molecule has 8 unspecified atom stereocenters. The summed E-state index contributed by atoms with van der Waals surface area (Å²) in [6, 6.07) is 2.18. The number of hydrogen-bond acceptors (Lipinski definition) is 16. The number of rotatable bonds is 5. The molecule has 4 aliphatic rings. The molecule has 2 aromatic rings. The van der Waals surface area contributed by atoms with Crippen LogP contribution in [0.3, 0.4) is 0 Å². The molecule has 266 valence electrons. The summed E-state index contributed by atoms with van der Waals surface area (Å²) in [5.41, 5.74) is -10.1. The number of aliphatic hydroxyl groups is 3. The van der Waals surface area contributed by atoms with E-state index in [1.54, 1.807) is 6.92 Å². The number of benzene rings is 2. The minimum Gasteiger partial charge on any atom is -0.507 e. The number of ketones is 4. The summed E-state index contributed by atoms with van der Waals surface area (Å²) in [4.78, 5) is 73.4. The summed E-state index contributed by atoms with van der Waals surface area (Å²) in [6.07, 6.45) is -8.23. The summed E-state index contributed by atoms with van der Waals surface area (Å²) in [5.74, 6) is -7.56. The fraction of sp³-hybridized carbons (Fsp3) is 0.471. The van der Waals surface area contributed by atoms with Gasteiger partial charge in [-0.25, -0.2) is 4.79 Å². The van der Waals surface area contributed by atoms with E-state index in [4.69, 9.17) is 23.7 Å². The number of aryl methyl sites for hydroxylation is 1. The molecule has 6 rings (SSSR count). The van der Waals surface area contributed by atoms with Gasteiger partial charge in [-0.3, -0.25) is 24.2 Å². The minimum absolute atomic E-state index is 0.00455. The van der Waals surface area contributed by atoms with E-state index in [1.807, 2.05) is 0 Å². The average Bonchev–Trinajstić information content (AvgIpc) is 3.05. The van der Waals surface area contributed by atoms with Gasteiger partial charge in [-0.2, -0.15) is 0 Å². The van der Waals surface area contributed by atoms with E-state index in [0.717, 1.165) is 20.3 Å². The topological polar surface area (TPSA) is 245 Å². The van der Waals surface area contributed by atoms with Crippen LogP contribution in [0.1, 0.15) is 81.8 Å².